The lowest BCUT2D eigenvalue weighted by Crippen LogP contribution is -2.19. The molecule has 0 saturated carbocycles. The molecule has 2 nitrogen and oxygen atoms in total. The third kappa shape index (κ3) is 2.28. The van der Waals surface area contributed by atoms with E-state index in [0.717, 1.165) is 15.7 Å². The zero-order valence-electron chi connectivity index (χ0n) is 8.00. The molecule has 0 aliphatic heterocycles. The highest BCUT2D eigenvalue weighted by Crippen LogP contribution is 2.29. The molecule has 1 aromatic carbocycles. The number of terminal acetylenes is 1. The number of anilines is 1. The van der Waals surface area contributed by atoms with Gasteiger partial charge in [-0.25, -0.2) is 0 Å². The topological polar surface area (TPSA) is 23.5 Å². The lowest BCUT2D eigenvalue weighted by Gasteiger charge is -2.20. The molecule has 1 N–H and O–H groups in total. The van der Waals surface area contributed by atoms with Crippen molar-refractivity contribution in [2.75, 3.05) is 18.5 Å². The summed E-state index contributed by atoms with van der Waals surface area (Å²) in [5.74, 6) is 2.57. The van der Waals surface area contributed by atoms with Crippen LogP contribution in [0.5, 0.6) is 0 Å². The Bertz CT molecular complexity index is 357. The summed E-state index contributed by atoms with van der Waals surface area (Å²) in [7, 11) is 1.90. The highest BCUT2D eigenvalue weighted by molar-refractivity contribution is 9.10. The summed E-state index contributed by atoms with van der Waals surface area (Å²) in [6.45, 7) is 0.541. The lowest BCUT2D eigenvalue weighted by molar-refractivity contribution is 0.282. The first-order valence-electron chi connectivity index (χ1n) is 4.23. The van der Waals surface area contributed by atoms with Gasteiger partial charge in [0.15, 0.2) is 0 Å². The Labute approximate surface area is 92.7 Å². The van der Waals surface area contributed by atoms with Crippen molar-refractivity contribution < 1.29 is 5.11 Å². The van der Waals surface area contributed by atoms with Crippen LogP contribution in [0.25, 0.3) is 0 Å². The maximum absolute atomic E-state index is 9.16. The third-order valence-corrected chi connectivity index (χ3v) is 2.59. The number of hydrogen-bond donors (Lipinski definition) is 1. The number of aliphatic hydroxyl groups excluding tert-OH is 1. The minimum Gasteiger partial charge on any atom is -0.392 e. The Kier molecular flexibility index (Phi) is 3.99. The average Bonchev–Trinajstić information content (AvgIpc) is 2.17. The number of rotatable bonds is 3. The Morgan fingerprint density at radius 1 is 1.57 bits per heavy atom. The van der Waals surface area contributed by atoms with E-state index in [2.05, 4.69) is 21.9 Å². The zero-order valence-corrected chi connectivity index (χ0v) is 9.58. The molecule has 0 fully saturated rings. The van der Waals surface area contributed by atoms with Crippen LogP contribution in [0.3, 0.4) is 0 Å². The van der Waals surface area contributed by atoms with Crippen LogP contribution < -0.4 is 4.90 Å². The molecule has 1 rings (SSSR count). The average molecular weight is 254 g/mol. The fourth-order valence-corrected chi connectivity index (χ4v) is 2.04. The van der Waals surface area contributed by atoms with Gasteiger partial charge in [-0.1, -0.05) is 18.1 Å². The van der Waals surface area contributed by atoms with Gasteiger partial charge in [0.2, 0.25) is 0 Å². The van der Waals surface area contributed by atoms with Gasteiger partial charge in [0.05, 0.1) is 18.8 Å². The van der Waals surface area contributed by atoms with Gasteiger partial charge in [0.25, 0.3) is 0 Å². The van der Waals surface area contributed by atoms with Crippen LogP contribution in [-0.2, 0) is 6.61 Å². The standard InChI is InChI=1S/C11H12BrNO/c1-3-7-13(2)11-9(8-14)5-4-6-10(11)12/h1,4-6,14H,7-8H2,2H3. The molecule has 0 atom stereocenters. The van der Waals surface area contributed by atoms with Gasteiger partial charge in [-0.15, -0.1) is 6.42 Å². The molecule has 0 aliphatic carbocycles. The molecule has 0 bridgehead atoms. The molecule has 0 amide bonds. The maximum Gasteiger partial charge on any atom is 0.0788 e. The van der Waals surface area contributed by atoms with Crippen molar-refractivity contribution in [2.24, 2.45) is 0 Å². The minimum absolute atomic E-state index is 0.0175. The Hall–Kier alpha value is -0.980. The number of para-hydroxylation sites is 1. The minimum atomic E-state index is 0.0175. The molecule has 0 saturated heterocycles. The van der Waals surface area contributed by atoms with Gasteiger partial charge in [0.1, 0.15) is 0 Å². The number of hydrogen-bond acceptors (Lipinski definition) is 2. The van der Waals surface area contributed by atoms with E-state index in [9.17, 15) is 0 Å². The van der Waals surface area contributed by atoms with Gasteiger partial charge in [-0.05, 0) is 22.0 Å². The van der Waals surface area contributed by atoms with Crippen molar-refractivity contribution in [3.63, 3.8) is 0 Å². The van der Waals surface area contributed by atoms with Crippen molar-refractivity contribution in [3.8, 4) is 12.3 Å². The smallest absolute Gasteiger partial charge is 0.0788 e. The molecule has 14 heavy (non-hydrogen) atoms. The molecule has 0 unspecified atom stereocenters. The van der Waals surface area contributed by atoms with Crippen LogP contribution >= 0.6 is 15.9 Å². The first kappa shape index (κ1) is 11.1. The van der Waals surface area contributed by atoms with E-state index in [1.165, 1.54) is 0 Å². The number of benzene rings is 1. The summed E-state index contributed by atoms with van der Waals surface area (Å²) < 4.78 is 0.946. The van der Waals surface area contributed by atoms with Crippen LogP contribution in [0.4, 0.5) is 5.69 Å². The maximum atomic E-state index is 9.16. The largest absolute Gasteiger partial charge is 0.392 e. The molecule has 0 radical (unpaired) electrons. The Morgan fingerprint density at radius 2 is 2.29 bits per heavy atom. The van der Waals surface area contributed by atoms with Crippen LogP contribution in [0.2, 0.25) is 0 Å². The summed E-state index contributed by atoms with van der Waals surface area (Å²) in [4.78, 5) is 1.93. The van der Waals surface area contributed by atoms with Gasteiger partial charge in [0, 0.05) is 17.1 Å². The fraction of sp³-hybridized carbons (Fsp3) is 0.273. The summed E-state index contributed by atoms with van der Waals surface area (Å²) in [6, 6.07) is 5.71. The van der Waals surface area contributed by atoms with E-state index >= 15 is 0 Å². The van der Waals surface area contributed by atoms with Crippen molar-refractivity contribution in [3.05, 3.63) is 28.2 Å². The SMILES string of the molecule is C#CCN(C)c1c(Br)cccc1CO. The molecular formula is C11H12BrNO. The second-order valence-corrected chi connectivity index (χ2v) is 3.82. The molecule has 3 heteroatoms. The van der Waals surface area contributed by atoms with E-state index in [1.54, 1.807) is 0 Å². The molecule has 74 valence electrons. The van der Waals surface area contributed by atoms with Crippen LogP contribution in [-0.4, -0.2) is 18.7 Å². The molecule has 0 heterocycles. The van der Waals surface area contributed by atoms with Gasteiger partial charge >= 0.3 is 0 Å². The first-order valence-corrected chi connectivity index (χ1v) is 5.03. The molecule has 1 aromatic rings. The predicted octanol–water partition coefficient (Wildman–Crippen LogP) is 2.01. The van der Waals surface area contributed by atoms with Crippen molar-refractivity contribution in [2.45, 2.75) is 6.61 Å². The molecular weight excluding hydrogens is 242 g/mol. The van der Waals surface area contributed by atoms with Crippen molar-refractivity contribution in [1.82, 2.24) is 0 Å². The lowest BCUT2D eigenvalue weighted by atomic mass is 10.2. The molecule has 0 aromatic heterocycles. The van der Waals surface area contributed by atoms with E-state index in [1.807, 2.05) is 30.1 Å². The van der Waals surface area contributed by atoms with Crippen LogP contribution in [0, 0.1) is 12.3 Å². The van der Waals surface area contributed by atoms with Gasteiger partial charge in [-0.3, -0.25) is 0 Å². The highest BCUT2D eigenvalue weighted by atomic mass is 79.9. The van der Waals surface area contributed by atoms with Crippen LogP contribution in [0.1, 0.15) is 5.56 Å². The van der Waals surface area contributed by atoms with E-state index in [0.29, 0.717) is 6.54 Å². The Morgan fingerprint density at radius 3 is 2.86 bits per heavy atom. The number of halogens is 1. The second kappa shape index (κ2) is 5.04. The monoisotopic (exact) mass is 253 g/mol. The summed E-state index contributed by atoms with van der Waals surface area (Å²) in [6.07, 6.45) is 5.24. The number of aliphatic hydroxyl groups is 1. The van der Waals surface area contributed by atoms with Gasteiger partial charge in [-0.2, -0.15) is 0 Å². The fourth-order valence-electron chi connectivity index (χ4n) is 1.33. The summed E-state index contributed by atoms with van der Waals surface area (Å²) >= 11 is 3.44. The first-order chi connectivity index (χ1) is 6.70. The van der Waals surface area contributed by atoms with E-state index in [-0.39, 0.29) is 6.61 Å². The van der Waals surface area contributed by atoms with E-state index < -0.39 is 0 Å². The van der Waals surface area contributed by atoms with Crippen molar-refractivity contribution >= 4 is 21.6 Å². The molecule has 0 spiro atoms. The van der Waals surface area contributed by atoms with Gasteiger partial charge < -0.3 is 10.0 Å². The quantitative estimate of drug-likeness (QED) is 0.834. The van der Waals surface area contributed by atoms with Crippen LogP contribution in [0.15, 0.2) is 22.7 Å². The van der Waals surface area contributed by atoms with E-state index in [4.69, 9.17) is 11.5 Å². The number of nitrogens with zero attached hydrogens (tertiary/aromatic N) is 1. The summed E-state index contributed by atoms with van der Waals surface area (Å²) in [5, 5.41) is 9.16. The zero-order chi connectivity index (χ0) is 10.6. The van der Waals surface area contributed by atoms with Crippen molar-refractivity contribution in [1.29, 1.82) is 0 Å². The summed E-state index contributed by atoms with van der Waals surface area (Å²) in [5.41, 5.74) is 1.82. The Balaban J connectivity index is 3.11. The molecule has 0 aliphatic rings. The second-order valence-electron chi connectivity index (χ2n) is 2.97. The predicted molar refractivity (Wildman–Crippen MR) is 62.2 cm³/mol. The third-order valence-electron chi connectivity index (χ3n) is 1.95. The highest BCUT2D eigenvalue weighted by Gasteiger charge is 2.09. The normalized spacial score (nSPS) is 9.57.